The molecule has 1 atom stereocenters. The first-order valence-electron chi connectivity index (χ1n) is 12.6. The molecule has 0 bridgehead atoms. The number of rotatable bonds is 7. The van der Waals surface area contributed by atoms with Crippen molar-refractivity contribution in [1.82, 2.24) is 15.2 Å². The highest BCUT2D eigenvalue weighted by molar-refractivity contribution is 5.90. The van der Waals surface area contributed by atoms with Crippen LogP contribution in [0.4, 0.5) is 4.79 Å². The number of carbonyl (C=O) groups is 2. The van der Waals surface area contributed by atoms with Gasteiger partial charge in [-0.3, -0.25) is 9.59 Å². The zero-order valence-electron chi connectivity index (χ0n) is 21.6. The number of aryl methyl sites for hydroxylation is 1. The molecule has 192 valence electrons. The van der Waals surface area contributed by atoms with Gasteiger partial charge in [-0.15, -0.1) is 0 Å². The molecule has 2 N–H and O–H groups in total. The van der Waals surface area contributed by atoms with Gasteiger partial charge in [0.1, 0.15) is 17.2 Å². The van der Waals surface area contributed by atoms with Gasteiger partial charge in [0.15, 0.2) is 0 Å². The predicted molar refractivity (Wildman–Crippen MR) is 138 cm³/mol. The third-order valence-corrected chi connectivity index (χ3v) is 6.39. The number of alkyl carbamates (subject to hydrolysis) is 1. The lowest BCUT2D eigenvalue weighted by molar-refractivity contribution is -0.129. The normalized spacial score (nSPS) is 15.9. The summed E-state index contributed by atoms with van der Waals surface area (Å²) in [5, 5.41) is 15.4. The number of amides is 2. The zero-order valence-corrected chi connectivity index (χ0v) is 21.6. The predicted octanol–water partition coefficient (Wildman–Crippen LogP) is 4.31. The number of pyridine rings is 1. The van der Waals surface area contributed by atoms with Crippen molar-refractivity contribution >= 4 is 12.0 Å². The third-order valence-electron chi connectivity index (χ3n) is 6.39. The number of nitrogens with one attached hydrogen (secondary N) is 2. The molecule has 1 aliphatic rings. The molecule has 2 aromatic rings. The van der Waals surface area contributed by atoms with Crippen LogP contribution < -0.4 is 16.2 Å². The lowest BCUT2D eigenvalue weighted by Crippen LogP contribution is -2.61. The summed E-state index contributed by atoms with van der Waals surface area (Å²) in [5.41, 5.74) is 0.990. The number of nitriles is 1. The van der Waals surface area contributed by atoms with E-state index in [1.54, 1.807) is 37.5 Å². The van der Waals surface area contributed by atoms with Crippen molar-refractivity contribution in [3.8, 4) is 17.2 Å². The van der Waals surface area contributed by atoms with E-state index in [4.69, 9.17) is 4.74 Å². The molecule has 0 saturated heterocycles. The summed E-state index contributed by atoms with van der Waals surface area (Å²) in [6, 6.07) is 12.5. The Bertz CT molecular complexity index is 1170. The summed E-state index contributed by atoms with van der Waals surface area (Å²) in [6.45, 7) is 7.84. The van der Waals surface area contributed by atoms with Crippen molar-refractivity contribution in [2.24, 2.45) is 0 Å². The van der Waals surface area contributed by atoms with E-state index < -0.39 is 23.3 Å². The molecule has 1 aromatic heterocycles. The number of aromatic nitrogens is 1. The molecule has 2 amide bonds. The highest BCUT2D eigenvalue weighted by Gasteiger charge is 2.42. The average molecular weight is 493 g/mol. The molecule has 0 aliphatic heterocycles. The molecule has 8 nitrogen and oxygen atoms in total. The monoisotopic (exact) mass is 492 g/mol. The fraction of sp³-hybridized carbons (Fsp3) is 0.500. The van der Waals surface area contributed by atoms with Crippen LogP contribution in [0.2, 0.25) is 0 Å². The second-order valence-electron chi connectivity index (χ2n) is 10.4. The highest BCUT2D eigenvalue weighted by atomic mass is 16.6. The Morgan fingerprint density at radius 2 is 1.72 bits per heavy atom. The Morgan fingerprint density at radius 3 is 2.31 bits per heavy atom. The van der Waals surface area contributed by atoms with Crippen molar-refractivity contribution in [2.45, 2.75) is 89.9 Å². The molecule has 0 spiro atoms. The van der Waals surface area contributed by atoms with Gasteiger partial charge in [-0.05, 0) is 63.3 Å². The lowest BCUT2D eigenvalue weighted by Gasteiger charge is -2.37. The van der Waals surface area contributed by atoms with Crippen LogP contribution in [0.25, 0.3) is 11.1 Å². The van der Waals surface area contributed by atoms with Gasteiger partial charge in [0.25, 0.3) is 5.56 Å². The van der Waals surface area contributed by atoms with E-state index >= 15 is 0 Å². The largest absolute Gasteiger partial charge is 0.444 e. The Morgan fingerprint density at radius 1 is 1.08 bits per heavy atom. The summed E-state index contributed by atoms with van der Waals surface area (Å²) in [7, 11) is 0. The van der Waals surface area contributed by atoms with Gasteiger partial charge in [0.2, 0.25) is 5.91 Å². The minimum Gasteiger partial charge on any atom is -0.444 e. The van der Waals surface area contributed by atoms with E-state index in [9.17, 15) is 19.6 Å². The number of carbonyl (C=O) groups excluding carboxylic acids is 2. The van der Waals surface area contributed by atoms with Gasteiger partial charge in [-0.1, -0.05) is 43.5 Å². The van der Waals surface area contributed by atoms with Gasteiger partial charge in [-0.2, -0.15) is 5.26 Å². The average Bonchev–Trinajstić information content (AvgIpc) is 2.83. The second-order valence-corrected chi connectivity index (χ2v) is 10.4. The van der Waals surface area contributed by atoms with E-state index in [2.05, 4.69) is 16.7 Å². The van der Waals surface area contributed by atoms with Gasteiger partial charge < -0.3 is 19.9 Å². The first-order valence-corrected chi connectivity index (χ1v) is 12.6. The Balaban J connectivity index is 1.70. The van der Waals surface area contributed by atoms with Crippen LogP contribution in [0.3, 0.4) is 0 Å². The Labute approximate surface area is 212 Å². The Hall–Kier alpha value is -3.60. The molecule has 1 saturated carbocycles. The minimum absolute atomic E-state index is 0.0395. The molecule has 0 radical (unpaired) electrons. The maximum absolute atomic E-state index is 13.3. The van der Waals surface area contributed by atoms with Crippen molar-refractivity contribution in [3.63, 3.8) is 0 Å². The van der Waals surface area contributed by atoms with Crippen LogP contribution in [0, 0.1) is 11.3 Å². The molecule has 1 heterocycles. The first kappa shape index (κ1) is 27.0. The molecule has 8 heteroatoms. The van der Waals surface area contributed by atoms with Crippen LogP contribution in [0.5, 0.6) is 0 Å². The summed E-state index contributed by atoms with van der Waals surface area (Å²) in [4.78, 5) is 37.7. The van der Waals surface area contributed by atoms with Gasteiger partial charge >= 0.3 is 6.09 Å². The molecule has 1 fully saturated rings. The fourth-order valence-corrected chi connectivity index (χ4v) is 4.51. The van der Waals surface area contributed by atoms with Crippen LogP contribution in [0.15, 0.2) is 47.4 Å². The highest BCUT2D eigenvalue weighted by Crippen LogP contribution is 2.29. The molecule has 36 heavy (non-hydrogen) atoms. The van der Waals surface area contributed by atoms with Gasteiger partial charge in [-0.25, -0.2) is 4.79 Å². The standard InChI is InChI=1S/C28H36N4O4/c1-5-32-19-22(13-14-24(32)33)21-11-9-20(10-12-21)17-23(18-29)30-25(34)28(15-7-6-8-16-28)31-26(35)36-27(2,3)4/h9-14,19,23H,5-8,15-17H2,1-4H3,(H,30,34)(H,31,35). The number of benzene rings is 1. The van der Waals surface area contributed by atoms with Crippen LogP contribution in [-0.2, 0) is 22.5 Å². The third kappa shape index (κ3) is 6.97. The van der Waals surface area contributed by atoms with E-state index in [0.717, 1.165) is 36.0 Å². The summed E-state index contributed by atoms with van der Waals surface area (Å²) in [6.07, 6.45) is 5.17. The van der Waals surface area contributed by atoms with Gasteiger partial charge in [0.05, 0.1) is 6.07 Å². The number of hydrogen-bond acceptors (Lipinski definition) is 5. The van der Waals surface area contributed by atoms with Crippen LogP contribution in [-0.4, -0.2) is 33.7 Å². The van der Waals surface area contributed by atoms with E-state index in [0.29, 0.717) is 25.8 Å². The van der Waals surface area contributed by atoms with E-state index in [1.807, 2.05) is 37.4 Å². The lowest BCUT2D eigenvalue weighted by atomic mass is 9.80. The number of nitrogens with zero attached hydrogens (tertiary/aromatic N) is 2. The maximum Gasteiger partial charge on any atom is 0.408 e. The topological polar surface area (TPSA) is 113 Å². The van der Waals surface area contributed by atoms with E-state index in [-0.39, 0.29) is 11.5 Å². The maximum atomic E-state index is 13.3. The fourth-order valence-electron chi connectivity index (χ4n) is 4.51. The van der Waals surface area contributed by atoms with Crippen LogP contribution >= 0.6 is 0 Å². The van der Waals surface area contributed by atoms with Crippen molar-refractivity contribution in [2.75, 3.05) is 0 Å². The quantitative estimate of drug-likeness (QED) is 0.598. The van der Waals surface area contributed by atoms with Gasteiger partial charge in [0, 0.05) is 25.2 Å². The van der Waals surface area contributed by atoms with Crippen molar-refractivity contribution in [3.05, 3.63) is 58.5 Å². The summed E-state index contributed by atoms with van der Waals surface area (Å²) < 4.78 is 7.05. The molecular weight excluding hydrogens is 456 g/mol. The molecule has 3 rings (SSSR count). The van der Waals surface area contributed by atoms with E-state index in [1.165, 1.54) is 0 Å². The Kier molecular flexibility index (Phi) is 8.57. The zero-order chi connectivity index (χ0) is 26.3. The first-order chi connectivity index (χ1) is 17.0. The smallest absolute Gasteiger partial charge is 0.408 e. The molecule has 1 aromatic carbocycles. The molecular formula is C28H36N4O4. The second kappa shape index (κ2) is 11.4. The molecule has 1 unspecified atom stereocenters. The van der Waals surface area contributed by atoms with Crippen molar-refractivity contribution in [1.29, 1.82) is 5.26 Å². The summed E-state index contributed by atoms with van der Waals surface area (Å²) in [5.74, 6) is -0.349. The summed E-state index contributed by atoms with van der Waals surface area (Å²) >= 11 is 0. The number of hydrogen-bond donors (Lipinski definition) is 2. The van der Waals surface area contributed by atoms with Crippen LogP contribution in [0.1, 0.15) is 65.4 Å². The van der Waals surface area contributed by atoms with Crippen molar-refractivity contribution < 1.29 is 14.3 Å². The minimum atomic E-state index is -1.08. The number of ether oxygens (including phenoxy) is 1. The molecule has 1 aliphatic carbocycles. The SMILES string of the molecule is CCn1cc(-c2ccc(CC(C#N)NC(=O)C3(NC(=O)OC(C)(C)C)CCCCC3)cc2)ccc1=O.